The highest BCUT2D eigenvalue weighted by Crippen LogP contribution is 2.24. The number of halogens is 4. The zero-order chi connectivity index (χ0) is 20.3. The second-order valence-electron chi connectivity index (χ2n) is 6.55. The number of hydrogen-bond donors (Lipinski definition) is 0. The van der Waals surface area contributed by atoms with Crippen molar-refractivity contribution < 1.29 is 23.1 Å². The van der Waals surface area contributed by atoms with Crippen LogP contribution >= 0.6 is 23.2 Å². The fourth-order valence-corrected chi connectivity index (χ4v) is 3.37. The van der Waals surface area contributed by atoms with E-state index in [1.165, 1.54) is 4.90 Å². The van der Waals surface area contributed by atoms with Gasteiger partial charge in [-0.15, -0.1) is 0 Å². The Kier molecular flexibility index (Phi) is 6.52. The van der Waals surface area contributed by atoms with Gasteiger partial charge in [-0.2, -0.15) is 0 Å². The molecule has 0 bridgehead atoms. The van der Waals surface area contributed by atoms with E-state index in [4.69, 9.17) is 27.9 Å². The lowest BCUT2D eigenvalue weighted by Crippen LogP contribution is -2.41. The summed E-state index contributed by atoms with van der Waals surface area (Å²) in [6, 6.07) is 7.84. The normalized spacial score (nSPS) is 14.8. The van der Waals surface area contributed by atoms with Gasteiger partial charge in [-0.1, -0.05) is 29.3 Å². The number of amides is 1. The van der Waals surface area contributed by atoms with Crippen molar-refractivity contribution in [1.29, 1.82) is 0 Å². The molecule has 148 valence electrons. The van der Waals surface area contributed by atoms with Gasteiger partial charge < -0.3 is 9.64 Å². The highest BCUT2D eigenvalue weighted by molar-refractivity contribution is 6.42. The SMILES string of the molecule is O=C(OCc1ccc(Cl)c(Cl)c1)C1CCN(C(=O)c2ccc(F)cc2F)CC1. The van der Waals surface area contributed by atoms with Crippen LogP contribution in [-0.4, -0.2) is 29.9 Å². The van der Waals surface area contributed by atoms with Crippen LogP contribution in [0.25, 0.3) is 0 Å². The molecule has 0 aromatic heterocycles. The van der Waals surface area contributed by atoms with Gasteiger partial charge in [0.25, 0.3) is 5.91 Å². The molecule has 0 unspecified atom stereocenters. The van der Waals surface area contributed by atoms with Crippen molar-refractivity contribution in [3.05, 3.63) is 69.2 Å². The molecule has 28 heavy (non-hydrogen) atoms. The molecule has 1 fully saturated rings. The molecule has 3 rings (SSSR count). The van der Waals surface area contributed by atoms with Gasteiger partial charge in [0.2, 0.25) is 0 Å². The number of piperidine rings is 1. The fourth-order valence-electron chi connectivity index (χ4n) is 3.05. The summed E-state index contributed by atoms with van der Waals surface area (Å²) in [6.45, 7) is 0.667. The van der Waals surface area contributed by atoms with Crippen molar-refractivity contribution >= 4 is 35.1 Å². The lowest BCUT2D eigenvalue weighted by molar-refractivity contribution is -0.151. The zero-order valence-electron chi connectivity index (χ0n) is 14.8. The van der Waals surface area contributed by atoms with E-state index >= 15 is 0 Å². The number of hydrogen-bond acceptors (Lipinski definition) is 3. The van der Waals surface area contributed by atoms with Crippen LogP contribution in [0.4, 0.5) is 8.78 Å². The summed E-state index contributed by atoms with van der Waals surface area (Å²) < 4.78 is 32.1. The Balaban J connectivity index is 1.52. The summed E-state index contributed by atoms with van der Waals surface area (Å²) in [6.07, 6.45) is 0.823. The van der Waals surface area contributed by atoms with Crippen LogP contribution in [0, 0.1) is 17.6 Å². The minimum atomic E-state index is -0.895. The number of likely N-dealkylation sites (tertiary alicyclic amines) is 1. The average molecular weight is 428 g/mol. The molecule has 0 spiro atoms. The maximum Gasteiger partial charge on any atom is 0.309 e. The maximum atomic E-state index is 13.8. The van der Waals surface area contributed by atoms with Crippen LogP contribution in [-0.2, 0) is 16.1 Å². The van der Waals surface area contributed by atoms with Crippen LogP contribution in [0.1, 0.15) is 28.8 Å². The summed E-state index contributed by atoms with van der Waals surface area (Å²) in [7, 11) is 0. The molecule has 1 amide bonds. The average Bonchev–Trinajstić information content (AvgIpc) is 2.68. The minimum absolute atomic E-state index is 0.0790. The Morgan fingerprint density at radius 3 is 2.39 bits per heavy atom. The molecule has 1 heterocycles. The van der Waals surface area contributed by atoms with E-state index in [0.717, 1.165) is 17.7 Å². The minimum Gasteiger partial charge on any atom is -0.461 e. The number of ether oxygens (including phenoxy) is 1. The molecule has 1 aliphatic heterocycles. The van der Waals surface area contributed by atoms with Crippen molar-refractivity contribution in [1.82, 2.24) is 4.90 Å². The molecule has 2 aromatic carbocycles. The van der Waals surface area contributed by atoms with Gasteiger partial charge in [0.1, 0.15) is 18.2 Å². The number of carbonyl (C=O) groups excluding carboxylic acids is 2. The largest absolute Gasteiger partial charge is 0.461 e. The first-order valence-electron chi connectivity index (χ1n) is 8.70. The molecule has 8 heteroatoms. The molecule has 1 aliphatic rings. The first kappa shape index (κ1) is 20.6. The van der Waals surface area contributed by atoms with Gasteiger partial charge >= 0.3 is 5.97 Å². The lowest BCUT2D eigenvalue weighted by atomic mass is 9.96. The smallest absolute Gasteiger partial charge is 0.309 e. The monoisotopic (exact) mass is 427 g/mol. The van der Waals surface area contributed by atoms with Gasteiger partial charge in [0.05, 0.1) is 21.5 Å². The van der Waals surface area contributed by atoms with E-state index < -0.39 is 17.5 Å². The molecular weight excluding hydrogens is 411 g/mol. The van der Waals surface area contributed by atoms with Gasteiger partial charge in [-0.3, -0.25) is 9.59 Å². The topological polar surface area (TPSA) is 46.6 Å². The van der Waals surface area contributed by atoms with Gasteiger partial charge in [-0.25, -0.2) is 8.78 Å². The van der Waals surface area contributed by atoms with Crippen molar-refractivity contribution in [3.8, 4) is 0 Å². The molecule has 0 radical (unpaired) electrons. The summed E-state index contributed by atoms with van der Waals surface area (Å²) in [5.74, 6) is -2.85. The zero-order valence-corrected chi connectivity index (χ0v) is 16.3. The van der Waals surface area contributed by atoms with Crippen LogP contribution < -0.4 is 0 Å². The summed E-state index contributed by atoms with van der Waals surface area (Å²) in [5.41, 5.74) is 0.546. The number of nitrogens with zero attached hydrogens (tertiary/aromatic N) is 1. The van der Waals surface area contributed by atoms with Crippen molar-refractivity contribution in [2.75, 3.05) is 13.1 Å². The first-order chi connectivity index (χ1) is 13.3. The van der Waals surface area contributed by atoms with Crippen molar-refractivity contribution in [2.24, 2.45) is 5.92 Å². The van der Waals surface area contributed by atoms with Crippen LogP contribution in [0.2, 0.25) is 10.0 Å². The predicted octanol–water partition coefficient (Wildman–Crippen LogP) is 4.87. The Bertz CT molecular complexity index is 899. The molecule has 1 saturated heterocycles. The highest BCUT2D eigenvalue weighted by Gasteiger charge is 2.29. The molecule has 0 atom stereocenters. The van der Waals surface area contributed by atoms with E-state index in [0.29, 0.717) is 42.0 Å². The van der Waals surface area contributed by atoms with E-state index in [9.17, 15) is 18.4 Å². The quantitative estimate of drug-likeness (QED) is 0.654. The maximum absolute atomic E-state index is 13.8. The second-order valence-corrected chi connectivity index (χ2v) is 7.36. The first-order valence-corrected chi connectivity index (χ1v) is 9.45. The van der Waals surface area contributed by atoms with E-state index in [1.807, 2.05) is 0 Å². The standard InChI is InChI=1S/C20H17Cl2F2NO3/c21-16-4-1-12(9-17(16)22)11-28-20(27)13-5-7-25(8-6-13)19(26)15-3-2-14(23)10-18(15)24/h1-4,9-10,13H,5-8,11H2. The van der Waals surface area contributed by atoms with Crippen molar-refractivity contribution in [2.45, 2.75) is 19.4 Å². The highest BCUT2D eigenvalue weighted by atomic mass is 35.5. The lowest BCUT2D eigenvalue weighted by Gasteiger charge is -2.31. The van der Waals surface area contributed by atoms with Crippen LogP contribution in [0.3, 0.4) is 0 Å². The van der Waals surface area contributed by atoms with E-state index in [2.05, 4.69) is 0 Å². The van der Waals surface area contributed by atoms with Gasteiger partial charge in [0, 0.05) is 19.2 Å². The molecule has 2 aromatic rings. The molecule has 4 nitrogen and oxygen atoms in total. The molecule has 0 N–H and O–H groups in total. The van der Waals surface area contributed by atoms with Crippen molar-refractivity contribution in [3.63, 3.8) is 0 Å². The fraction of sp³-hybridized carbons (Fsp3) is 0.300. The molecular formula is C20H17Cl2F2NO3. The van der Waals surface area contributed by atoms with E-state index in [1.54, 1.807) is 18.2 Å². The summed E-state index contributed by atoms with van der Waals surface area (Å²) >= 11 is 11.8. The Morgan fingerprint density at radius 1 is 1.04 bits per heavy atom. The van der Waals surface area contributed by atoms with Gasteiger partial charge in [0.15, 0.2) is 0 Å². The Morgan fingerprint density at radius 2 is 1.75 bits per heavy atom. The van der Waals surface area contributed by atoms with E-state index in [-0.39, 0.29) is 24.1 Å². The Labute approximate surface area is 171 Å². The number of carbonyl (C=O) groups is 2. The third-order valence-corrected chi connectivity index (χ3v) is 5.38. The van der Waals surface area contributed by atoms with Crippen LogP contribution in [0.15, 0.2) is 36.4 Å². The van der Waals surface area contributed by atoms with Gasteiger partial charge in [-0.05, 0) is 42.7 Å². The number of benzene rings is 2. The Hall–Kier alpha value is -2.18. The summed E-state index contributed by atoms with van der Waals surface area (Å²) in [4.78, 5) is 26.1. The number of rotatable bonds is 4. The third-order valence-electron chi connectivity index (χ3n) is 4.64. The molecule has 0 aliphatic carbocycles. The summed E-state index contributed by atoms with van der Waals surface area (Å²) in [5, 5.41) is 0.807. The van der Waals surface area contributed by atoms with Crippen LogP contribution in [0.5, 0.6) is 0 Å². The third kappa shape index (κ3) is 4.80. The second kappa shape index (κ2) is 8.88. The molecule has 0 saturated carbocycles. The number of esters is 1. The predicted molar refractivity (Wildman–Crippen MR) is 101 cm³/mol.